The molecule has 1 aliphatic heterocycles. The normalized spacial score (nSPS) is 22.6. The second-order valence-electron chi connectivity index (χ2n) is 5.66. The van der Waals surface area contributed by atoms with Gasteiger partial charge in [-0.1, -0.05) is 25.1 Å². The minimum Gasteiger partial charge on any atom is -0.461 e. The summed E-state index contributed by atoms with van der Waals surface area (Å²) in [6, 6.07) is 7.61. The summed E-state index contributed by atoms with van der Waals surface area (Å²) in [6.45, 7) is 5.36. The Balaban J connectivity index is 1.96. The molecular weight excluding hydrogens is 254 g/mol. The van der Waals surface area contributed by atoms with Crippen LogP contribution in [0.1, 0.15) is 23.0 Å². The number of aryl methyl sites for hydroxylation is 1. The van der Waals surface area contributed by atoms with E-state index in [9.17, 15) is 9.90 Å². The molecule has 1 saturated heterocycles. The van der Waals surface area contributed by atoms with Gasteiger partial charge in [0.1, 0.15) is 11.3 Å². The molecule has 3 rings (SSSR count). The Morgan fingerprint density at radius 2 is 2.15 bits per heavy atom. The fraction of sp³-hybridized carbons (Fsp3) is 0.438. The van der Waals surface area contributed by atoms with Crippen molar-refractivity contribution in [2.45, 2.75) is 13.8 Å². The highest BCUT2D eigenvalue weighted by molar-refractivity contribution is 6.07. The van der Waals surface area contributed by atoms with E-state index in [1.165, 1.54) is 0 Å². The zero-order valence-electron chi connectivity index (χ0n) is 11.8. The molecule has 20 heavy (non-hydrogen) atoms. The number of carbonyl (C=O) groups excluding carboxylic acids is 1. The third kappa shape index (κ3) is 2.00. The monoisotopic (exact) mass is 273 g/mol. The first-order chi connectivity index (χ1) is 9.61. The Hall–Kier alpha value is -1.81. The first kappa shape index (κ1) is 13.2. The molecule has 0 unspecified atom stereocenters. The van der Waals surface area contributed by atoms with Crippen molar-refractivity contribution in [3.63, 3.8) is 0 Å². The van der Waals surface area contributed by atoms with Gasteiger partial charge in [0.2, 0.25) is 0 Å². The molecule has 1 amide bonds. The van der Waals surface area contributed by atoms with Gasteiger partial charge < -0.3 is 14.4 Å². The molecule has 2 heterocycles. The number of likely N-dealkylation sites (tertiary alicyclic amines) is 1. The molecule has 2 atom stereocenters. The van der Waals surface area contributed by atoms with Gasteiger partial charge in [0.05, 0.1) is 5.56 Å². The molecule has 0 spiro atoms. The number of furan rings is 1. The molecule has 0 saturated carbocycles. The van der Waals surface area contributed by atoms with E-state index >= 15 is 0 Å². The molecule has 1 aliphatic rings. The second kappa shape index (κ2) is 4.94. The summed E-state index contributed by atoms with van der Waals surface area (Å²) in [4.78, 5) is 14.6. The Morgan fingerprint density at radius 3 is 2.85 bits per heavy atom. The van der Waals surface area contributed by atoms with Gasteiger partial charge in [0.25, 0.3) is 5.91 Å². The van der Waals surface area contributed by atoms with Crippen molar-refractivity contribution in [1.82, 2.24) is 4.90 Å². The summed E-state index contributed by atoms with van der Waals surface area (Å²) in [7, 11) is 0. The summed E-state index contributed by atoms with van der Waals surface area (Å²) in [5, 5.41) is 10.2. The van der Waals surface area contributed by atoms with Crippen LogP contribution in [0.2, 0.25) is 0 Å². The minimum atomic E-state index is 0.00949. The van der Waals surface area contributed by atoms with Crippen LogP contribution < -0.4 is 0 Å². The number of rotatable bonds is 2. The average Bonchev–Trinajstić information content (AvgIpc) is 2.97. The molecule has 1 N–H and O–H groups in total. The van der Waals surface area contributed by atoms with Crippen LogP contribution in [0.4, 0.5) is 0 Å². The Bertz CT molecular complexity index is 646. The molecule has 1 fully saturated rings. The number of carbonyl (C=O) groups is 1. The molecule has 4 nitrogen and oxygen atoms in total. The maximum atomic E-state index is 12.7. The topological polar surface area (TPSA) is 53.7 Å². The van der Waals surface area contributed by atoms with E-state index in [-0.39, 0.29) is 18.4 Å². The molecule has 1 aromatic heterocycles. The number of hydrogen-bond donors (Lipinski definition) is 1. The summed E-state index contributed by atoms with van der Waals surface area (Å²) in [5.41, 5.74) is 1.41. The fourth-order valence-corrected chi connectivity index (χ4v) is 3.03. The van der Waals surface area contributed by atoms with E-state index in [1.807, 2.05) is 36.1 Å². The number of hydrogen-bond acceptors (Lipinski definition) is 3. The number of aliphatic hydroxyl groups excluding tert-OH is 1. The number of benzene rings is 1. The summed E-state index contributed by atoms with van der Waals surface area (Å²) in [5.74, 6) is 1.19. The lowest BCUT2D eigenvalue weighted by atomic mass is 10.00. The molecule has 2 aromatic rings. The van der Waals surface area contributed by atoms with E-state index in [2.05, 4.69) is 6.92 Å². The predicted octanol–water partition coefficient (Wildman–Crippen LogP) is 2.44. The standard InChI is InChI=1S/C16H19NO3/c1-10-7-17(8-12(10)9-18)16(19)15-11(2)20-14-6-4-3-5-13(14)15/h3-6,10,12,18H,7-9H2,1-2H3/t10-,12+/m1/s1. The van der Waals surface area contributed by atoms with Crippen molar-refractivity contribution >= 4 is 16.9 Å². The molecule has 0 bridgehead atoms. The maximum absolute atomic E-state index is 12.7. The Kier molecular flexibility index (Phi) is 3.26. The van der Waals surface area contributed by atoms with Crippen molar-refractivity contribution in [1.29, 1.82) is 0 Å². The van der Waals surface area contributed by atoms with Gasteiger partial charge in [-0.3, -0.25) is 4.79 Å². The largest absolute Gasteiger partial charge is 0.461 e. The van der Waals surface area contributed by atoms with Crippen LogP contribution in [0, 0.1) is 18.8 Å². The number of para-hydroxylation sites is 1. The first-order valence-electron chi connectivity index (χ1n) is 7.00. The van der Waals surface area contributed by atoms with Crippen molar-refractivity contribution in [3.8, 4) is 0 Å². The second-order valence-corrected chi connectivity index (χ2v) is 5.66. The van der Waals surface area contributed by atoms with Crippen molar-refractivity contribution in [2.24, 2.45) is 11.8 Å². The maximum Gasteiger partial charge on any atom is 0.258 e. The first-order valence-corrected chi connectivity index (χ1v) is 7.00. The van der Waals surface area contributed by atoms with Crippen LogP contribution in [0.25, 0.3) is 11.0 Å². The number of aliphatic hydroxyl groups is 1. The quantitative estimate of drug-likeness (QED) is 0.914. The van der Waals surface area contributed by atoms with E-state index in [4.69, 9.17) is 4.42 Å². The van der Waals surface area contributed by atoms with Crippen LogP contribution in [0.5, 0.6) is 0 Å². The number of nitrogens with zero attached hydrogens (tertiary/aromatic N) is 1. The summed E-state index contributed by atoms with van der Waals surface area (Å²) >= 11 is 0. The van der Waals surface area contributed by atoms with Gasteiger partial charge in [-0.2, -0.15) is 0 Å². The molecular formula is C16H19NO3. The van der Waals surface area contributed by atoms with E-state index in [0.29, 0.717) is 30.3 Å². The number of fused-ring (bicyclic) bond motifs is 1. The molecule has 106 valence electrons. The lowest BCUT2D eigenvalue weighted by Gasteiger charge is -2.15. The van der Waals surface area contributed by atoms with Gasteiger partial charge in [0, 0.05) is 31.0 Å². The minimum absolute atomic E-state index is 0.00949. The molecule has 1 aromatic carbocycles. The van der Waals surface area contributed by atoms with Crippen LogP contribution in [0.15, 0.2) is 28.7 Å². The third-order valence-electron chi connectivity index (χ3n) is 4.28. The molecule has 4 heteroatoms. The number of amides is 1. The van der Waals surface area contributed by atoms with Gasteiger partial charge in [0.15, 0.2) is 0 Å². The molecule has 0 aliphatic carbocycles. The lowest BCUT2D eigenvalue weighted by molar-refractivity contribution is 0.0780. The van der Waals surface area contributed by atoms with E-state index in [1.54, 1.807) is 0 Å². The Labute approximate surface area is 118 Å². The van der Waals surface area contributed by atoms with Gasteiger partial charge in [-0.05, 0) is 18.9 Å². The zero-order chi connectivity index (χ0) is 14.3. The zero-order valence-corrected chi connectivity index (χ0v) is 11.8. The average molecular weight is 273 g/mol. The smallest absolute Gasteiger partial charge is 0.258 e. The van der Waals surface area contributed by atoms with Gasteiger partial charge in [-0.15, -0.1) is 0 Å². The SMILES string of the molecule is Cc1oc2ccccc2c1C(=O)N1C[C@@H](CO)[C@H](C)C1. The third-order valence-corrected chi connectivity index (χ3v) is 4.28. The fourth-order valence-electron chi connectivity index (χ4n) is 3.03. The molecule has 0 radical (unpaired) electrons. The van der Waals surface area contributed by atoms with Crippen molar-refractivity contribution in [2.75, 3.05) is 19.7 Å². The van der Waals surface area contributed by atoms with E-state index in [0.717, 1.165) is 11.0 Å². The summed E-state index contributed by atoms with van der Waals surface area (Å²) in [6.07, 6.45) is 0. The van der Waals surface area contributed by atoms with Crippen LogP contribution in [0.3, 0.4) is 0 Å². The Morgan fingerprint density at radius 1 is 1.40 bits per heavy atom. The highest BCUT2D eigenvalue weighted by atomic mass is 16.3. The highest BCUT2D eigenvalue weighted by Gasteiger charge is 2.34. The van der Waals surface area contributed by atoms with Gasteiger partial charge >= 0.3 is 0 Å². The van der Waals surface area contributed by atoms with Crippen LogP contribution in [-0.4, -0.2) is 35.6 Å². The van der Waals surface area contributed by atoms with Crippen LogP contribution in [-0.2, 0) is 0 Å². The highest BCUT2D eigenvalue weighted by Crippen LogP contribution is 2.30. The van der Waals surface area contributed by atoms with Crippen LogP contribution >= 0.6 is 0 Å². The van der Waals surface area contributed by atoms with Crippen molar-refractivity contribution < 1.29 is 14.3 Å². The van der Waals surface area contributed by atoms with Gasteiger partial charge in [-0.25, -0.2) is 0 Å². The van der Waals surface area contributed by atoms with Crippen molar-refractivity contribution in [3.05, 3.63) is 35.6 Å². The summed E-state index contributed by atoms with van der Waals surface area (Å²) < 4.78 is 5.66. The van der Waals surface area contributed by atoms with E-state index < -0.39 is 0 Å². The lowest BCUT2D eigenvalue weighted by Crippen LogP contribution is -2.29. The predicted molar refractivity (Wildman–Crippen MR) is 76.6 cm³/mol.